The molecule has 1 fully saturated rings. The van der Waals surface area contributed by atoms with Crippen molar-refractivity contribution in [1.82, 2.24) is 5.32 Å². The van der Waals surface area contributed by atoms with Crippen molar-refractivity contribution in [3.8, 4) is 6.07 Å². The smallest absolute Gasteiger partial charge is 0.268 e. The van der Waals surface area contributed by atoms with Crippen LogP contribution in [0.2, 0.25) is 5.02 Å². The third kappa shape index (κ3) is 3.77. The molecule has 8 heteroatoms. The third-order valence-corrected chi connectivity index (χ3v) is 4.55. The molecule has 0 unspecified atom stereocenters. The summed E-state index contributed by atoms with van der Waals surface area (Å²) in [5, 5.41) is 22.2. The first-order valence-corrected chi connectivity index (χ1v) is 8.49. The highest BCUT2D eigenvalue weighted by Crippen LogP contribution is 2.29. The Morgan fingerprint density at radius 3 is 2.85 bits per heavy atom. The molecule has 2 amide bonds. The first-order chi connectivity index (χ1) is 12.8. The van der Waals surface area contributed by atoms with E-state index >= 15 is 0 Å². The second-order valence-corrected chi connectivity index (χ2v) is 6.63. The van der Waals surface area contributed by atoms with Crippen molar-refractivity contribution in [1.29, 1.82) is 5.26 Å². The van der Waals surface area contributed by atoms with Crippen LogP contribution in [0.4, 0.5) is 10.1 Å². The number of aliphatic hydroxyl groups is 1. The zero-order chi connectivity index (χ0) is 19.6. The SMILES string of the molecule is N#Cc1cccc(N2CC[C@@](O)(C(=O)NCc3cc(F)cc(Cl)c3)C2=O)c1. The first kappa shape index (κ1) is 18.8. The van der Waals surface area contributed by atoms with Crippen molar-refractivity contribution in [3.05, 3.63) is 64.4 Å². The molecule has 0 saturated carbocycles. The van der Waals surface area contributed by atoms with E-state index in [4.69, 9.17) is 16.9 Å². The van der Waals surface area contributed by atoms with Gasteiger partial charge in [0.15, 0.2) is 0 Å². The van der Waals surface area contributed by atoms with E-state index < -0.39 is 23.2 Å². The number of hydrogen-bond donors (Lipinski definition) is 2. The van der Waals surface area contributed by atoms with Crippen LogP contribution in [-0.2, 0) is 16.1 Å². The summed E-state index contributed by atoms with van der Waals surface area (Å²) in [7, 11) is 0. The predicted molar refractivity (Wildman–Crippen MR) is 96.3 cm³/mol. The highest BCUT2D eigenvalue weighted by molar-refractivity contribution is 6.30. The van der Waals surface area contributed by atoms with E-state index in [9.17, 15) is 19.1 Å². The van der Waals surface area contributed by atoms with Gasteiger partial charge in [0, 0.05) is 30.2 Å². The molecule has 1 aliphatic rings. The van der Waals surface area contributed by atoms with Crippen LogP contribution < -0.4 is 10.2 Å². The summed E-state index contributed by atoms with van der Waals surface area (Å²) < 4.78 is 13.4. The second kappa shape index (κ2) is 7.35. The van der Waals surface area contributed by atoms with Crippen molar-refractivity contribution in [3.63, 3.8) is 0 Å². The Morgan fingerprint density at radius 1 is 1.37 bits per heavy atom. The Bertz CT molecular complexity index is 939. The summed E-state index contributed by atoms with van der Waals surface area (Å²) in [5.41, 5.74) is -1.02. The molecule has 3 rings (SSSR count). The van der Waals surface area contributed by atoms with Gasteiger partial charge in [-0.05, 0) is 42.0 Å². The summed E-state index contributed by atoms with van der Waals surface area (Å²) >= 11 is 5.77. The van der Waals surface area contributed by atoms with Gasteiger partial charge in [0.1, 0.15) is 5.82 Å². The van der Waals surface area contributed by atoms with Gasteiger partial charge < -0.3 is 15.3 Å². The van der Waals surface area contributed by atoms with E-state index in [1.165, 1.54) is 23.1 Å². The molecule has 2 aromatic carbocycles. The van der Waals surface area contributed by atoms with Crippen LogP contribution in [0.15, 0.2) is 42.5 Å². The number of rotatable bonds is 4. The van der Waals surface area contributed by atoms with Crippen molar-refractivity contribution in [2.75, 3.05) is 11.4 Å². The summed E-state index contributed by atoms with van der Waals surface area (Å²) in [6.07, 6.45) is -0.0989. The maximum atomic E-state index is 13.4. The average molecular weight is 388 g/mol. The quantitative estimate of drug-likeness (QED) is 0.786. The molecule has 138 valence electrons. The number of nitriles is 1. The average Bonchev–Trinajstić information content (AvgIpc) is 2.95. The van der Waals surface area contributed by atoms with Crippen LogP contribution in [0.3, 0.4) is 0 Å². The zero-order valence-corrected chi connectivity index (χ0v) is 14.8. The van der Waals surface area contributed by atoms with Gasteiger partial charge in [0.2, 0.25) is 5.60 Å². The van der Waals surface area contributed by atoms with Gasteiger partial charge in [-0.3, -0.25) is 9.59 Å². The fourth-order valence-electron chi connectivity index (χ4n) is 2.95. The molecular weight excluding hydrogens is 373 g/mol. The third-order valence-electron chi connectivity index (χ3n) is 4.33. The number of nitrogens with zero attached hydrogens (tertiary/aromatic N) is 2. The number of nitrogens with one attached hydrogen (secondary N) is 1. The predicted octanol–water partition coefficient (Wildman–Crippen LogP) is 2.13. The van der Waals surface area contributed by atoms with Gasteiger partial charge >= 0.3 is 0 Å². The molecule has 6 nitrogen and oxygen atoms in total. The summed E-state index contributed by atoms with van der Waals surface area (Å²) in [6.45, 7) is 0.0409. The topological polar surface area (TPSA) is 93.4 Å². The molecule has 0 aromatic heterocycles. The molecule has 0 spiro atoms. The molecule has 27 heavy (non-hydrogen) atoms. The van der Waals surface area contributed by atoms with Crippen molar-refractivity contribution in [2.45, 2.75) is 18.6 Å². The minimum atomic E-state index is -2.22. The van der Waals surface area contributed by atoms with E-state index in [2.05, 4.69) is 5.32 Å². The number of hydrogen-bond acceptors (Lipinski definition) is 4. The van der Waals surface area contributed by atoms with Gasteiger partial charge in [0.05, 0.1) is 11.6 Å². The van der Waals surface area contributed by atoms with E-state index in [1.54, 1.807) is 18.2 Å². The fourth-order valence-corrected chi connectivity index (χ4v) is 3.19. The van der Waals surface area contributed by atoms with Gasteiger partial charge in [-0.25, -0.2) is 4.39 Å². The van der Waals surface area contributed by atoms with E-state index in [0.29, 0.717) is 16.8 Å². The Balaban J connectivity index is 1.73. The number of benzene rings is 2. The Morgan fingerprint density at radius 2 is 2.15 bits per heavy atom. The van der Waals surface area contributed by atoms with E-state index in [1.807, 2.05) is 6.07 Å². The molecule has 1 atom stereocenters. The standard InChI is InChI=1S/C19H15ClFN3O3/c20-14-6-13(7-15(21)9-14)11-23-17(25)19(27)4-5-24(18(19)26)16-3-1-2-12(8-16)10-22/h1-3,6-9,27H,4-5,11H2,(H,23,25)/t19-/m1/s1. The largest absolute Gasteiger partial charge is 0.372 e. The summed E-state index contributed by atoms with van der Waals surface area (Å²) in [4.78, 5) is 26.3. The highest BCUT2D eigenvalue weighted by Gasteiger charge is 2.51. The van der Waals surface area contributed by atoms with Crippen molar-refractivity contribution in [2.24, 2.45) is 0 Å². The van der Waals surface area contributed by atoms with E-state index in [-0.39, 0.29) is 24.5 Å². The first-order valence-electron chi connectivity index (χ1n) is 8.11. The molecule has 1 aliphatic heterocycles. The lowest BCUT2D eigenvalue weighted by molar-refractivity contribution is -0.149. The molecule has 0 aliphatic carbocycles. The van der Waals surface area contributed by atoms with Crippen LogP contribution >= 0.6 is 11.6 Å². The normalized spacial score (nSPS) is 19.0. The maximum absolute atomic E-state index is 13.4. The highest BCUT2D eigenvalue weighted by atomic mass is 35.5. The number of carbonyl (C=O) groups excluding carboxylic acids is 2. The number of carbonyl (C=O) groups is 2. The number of anilines is 1. The summed E-state index contributed by atoms with van der Waals surface area (Å²) in [5.74, 6) is -2.19. The second-order valence-electron chi connectivity index (χ2n) is 6.19. The zero-order valence-electron chi connectivity index (χ0n) is 14.1. The number of halogens is 2. The Hall–Kier alpha value is -2.95. The lowest BCUT2D eigenvalue weighted by atomic mass is 10.0. The summed E-state index contributed by atoms with van der Waals surface area (Å²) in [6, 6.07) is 12.1. The maximum Gasteiger partial charge on any atom is 0.268 e. The minimum Gasteiger partial charge on any atom is -0.372 e. The molecule has 0 bridgehead atoms. The van der Waals surface area contributed by atoms with Gasteiger partial charge in [-0.1, -0.05) is 17.7 Å². The fraction of sp³-hybridized carbons (Fsp3) is 0.211. The molecule has 2 N–H and O–H groups in total. The molecule has 2 aromatic rings. The lowest BCUT2D eigenvalue weighted by Crippen LogP contribution is -2.52. The molecule has 0 radical (unpaired) electrons. The van der Waals surface area contributed by atoms with Gasteiger partial charge in [-0.2, -0.15) is 5.26 Å². The van der Waals surface area contributed by atoms with Crippen LogP contribution in [0, 0.1) is 17.1 Å². The number of amides is 2. The minimum absolute atomic E-state index is 0.0875. The van der Waals surface area contributed by atoms with Gasteiger partial charge in [-0.15, -0.1) is 0 Å². The van der Waals surface area contributed by atoms with Crippen molar-refractivity contribution < 1.29 is 19.1 Å². The molecule has 1 heterocycles. The van der Waals surface area contributed by atoms with E-state index in [0.717, 1.165) is 6.07 Å². The van der Waals surface area contributed by atoms with Crippen LogP contribution in [0.25, 0.3) is 0 Å². The monoisotopic (exact) mass is 387 g/mol. The van der Waals surface area contributed by atoms with Crippen molar-refractivity contribution >= 4 is 29.1 Å². The van der Waals surface area contributed by atoms with Gasteiger partial charge in [0.25, 0.3) is 11.8 Å². The molecule has 1 saturated heterocycles. The van der Waals surface area contributed by atoms with Crippen LogP contribution in [-0.4, -0.2) is 29.1 Å². The Labute approximate surface area is 159 Å². The van der Waals surface area contributed by atoms with Crippen LogP contribution in [0.5, 0.6) is 0 Å². The lowest BCUT2D eigenvalue weighted by Gasteiger charge is -2.22. The van der Waals surface area contributed by atoms with Crippen LogP contribution in [0.1, 0.15) is 17.5 Å². The molecular formula is C19H15ClFN3O3. The Kier molecular flexibility index (Phi) is 5.13.